The number of amides is 2. The predicted octanol–water partition coefficient (Wildman–Crippen LogP) is 2.39. The molecular formula is C16H25N3O4. The fourth-order valence-electron chi connectivity index (χ4n) is 1.74. The van der Waals surface area contributed by atoms with Crippen molar-refractivity contribution in [3.63, 3.8) is 0 Å². The van der Waals surface area contributed by atoms with Crippen molar-refractivity contribution in [3.05, 3.63) is 29.8 Å². The lowest BCUT2D eigenvalue weighted by Gasteiger charge is -2.21. The molecular weight excluding hydrogens is 298 g/mol. The second-order valence-electron chi connectivity index (χ2n) is 5.04. The molecule has 0 bridgehead atoms. The van der Waals surface area contributed by atoms with Gasteiger partial charge < -0.3 is 24.6 Å². The first-order valence-corrected chi connectivity index (χ1v) is 7.50. The first kappa shape index (κ1) is 18.6. The van der Waals surface area contributed by atoms with Crippen LogP contribution in [-0.2, 0) is 16.1 Å². The largest absolute Gasteiger partial charge is 0.450 e. The molecule has 0 spiro atoms. The zero-order valence-corrected chi connectivity index (χ0v) is 14.2. The summed E-state index contributed by atoms with van der Waals surface area (Å²) in [6.45, 7) is 3.03. The fourth-order valence-corrected chi connectivity index (χ4v) is 1.74. The molecule has 1 aromatic carbocycles. The Hall–Kier alpha value is -2.44. The molecule has 1 aromatic rings. The van der Waals surface area contributed by atoms with E-state index in [9.17, 15) is 9.59 Å². The minimum Gasteiger partial charge on any atom is -0.450 e. The number of anilines is 1. The van der Waals surface area contributed by atoms with Crippen LogP contribution in [0.15, 0.2) is 24.3 Å². The van der Waals surface area contributed by atoms with Crippen molar-refractivity contribution in [2.75, 3.05) is 46.2 Å². The topological polar surface area (TPSA) is 71.1 Å². The van der Waals surface area contributed by atoms with Gasteiger partial charge >= 0.3 is 12.2 Å². The number of nitrogens with one attached hydrogen (secondary N) is 1. The number of ether oxygens (including phenoxy) is 2. The van der Waals surface area contributed by atoms with Gasteiger partial charge in [-0.25, -0.2) is 9.59 Å². The number of carbonyl (C=O) groups excluding carboxylic acids is 2. The fraction of sp³-hybridized carbons (Fsp3) is 0.500. The van der Waals surface area contributed by atoms with Gasteiger partial charge in [0.05, 0.1) is 6.61 Å². The van der Waals surface area contributed by atoms with Crippen molar-refractivity contribution < 1.29 is 19.1 Å². The van der Waals surface area contributed by atoms with E-state index in [1.165, 1.54) is 9.80 Å². The second kappa shape index (κ2) is 9.55. The van der Waals surface area contributed by atoms with Gasteiger partial charge in [0.25, 0.3) is 0 Å². The summed E-state index contributed by atoms with van der Waals surface area (Å²) < 4.78 is 10.1. The Kier molecular flexibility index (Phi) is 7.73. The number of carbonyl (C=O) groups is 2. The number of hydrogen-bond acceptors (Lipinski definition) is 5. The Morgan fingerprint density at radius 2 is 1.52 bits per heavy atom. The highest BCUT2D eigenvalue weighted by Crippen LogP contribution is 2.10. The van der Waals surface area contributed by atoms with Gasteiger partial charge in [0.2, 0.25) is 0 Å². The molecule has 0 radical (unpaired) electrons. The van der Waals surface area contributed by atoms with E-state index in [1.807, 2.05) is 31.3 Å². The maximum Gasteiger partial charge on any atom is 0.409 e. The minimum absolute atomic E-state index is 0.209. The third kappa shape index (κ3) is 6.46. The smallest absolute Gasteiger partial charge is 0.409 e. The summed E-state index contributed by atoms with van der Waals surface area (Å²) in [5, 5.41) is 3.02. The van der Waals surface area contributed by atoms with E-state index in [0.717, 1.165) is 11.3 Å². The van der Waals surface area contributed by atoms with E-state index < -0.39 is 12.2 Å². The van der Waals surface area contributed by atoms with Crippen molar-refractivity contribution in [1.29, 1.82) is 0 Å². The summed E-state index contributed by atoms with van der Waals surface area (Å²) in [5.74, 6) is 0. The highest BCUT2D eigenvalue weighted by Gasteiger charge is 2.14. The van der Waals surface area contributed by atoms with Gasteiger partial charge in [-0.1, -0.05) is 12.1 Å². The van der Waals surface area contributed by atoms with Crippen molar-refractivity contribution in [2.45, 2.75) is 13.5 Å². The van der Waals surface area contributed by atoms with Gasteiger partial charge in [0.15, 0.2) is 0 Å². The minimum atomic E-state index is -0.431. The van der Waals surface area contributed by atoms with Gasteiger partial charge in [0.1, 0.15) is 6.61 Å². The van der Waals surface area contributed by atoms with Crippen molar-refractivity contribution in [2.24, 2.45) is 0 Å². The summed E-state index contributed by atoms with van der Waals surface area (Å²) in [6, 6.07) is 7.63. The lowest BCUT2D eigenvalue weighted by atomic mass is 10.2. The maximum atomic E-state index is 11.9. The zero-order valence-electron chi connectivity index (χ0n) is 14.2. The molecule has 0 atom stereocenters. The van der Waals surface area contributed by atoms with Crippen LogP contribution in [0.25, 0.3) is 0 Å². The molecule has 2 amide bonds. The Morgan fingerprint density at radius 3 is 2.00 bits per heavy atom. The lowest BCUT2D eigenvalue weighted by Crippen LogP contribution is -2.37. The predicted molar refractivity (Wildman–Crippen MR) is 88.5 cm³/mol. The summed E-state index contributed by atoms with van der Waals surface area (Å²) >= 11 is 0. The van der Waals surface area contributed by atoms with Crippen LogP contribution < -0.4 is 5.32 Å². The van der Waals surface area contributed by atoms with E-state index in [1.54, 1.807) is 21.0 Å². The van der Waals surface area contributed by atoms with E-state index in [0.29, 0.717) is 19.7 Å². The molecule has 0 aliphatic rings. The quantitative estimate of drug-likeness (QED) is 0.834. The summed E-state index contributed by atoms with van der Waals surface area (Å²) in [5.41, 5.74) is 1.91. The second-order valence-corrected chi connectivity index (χ2v) is 5.04. The molecule has 23 heavy (non-hydrogen) atoms. The number of hydrogen-bond donors (Lipinski definition) is 1. The average molecular weight is 323 g/mol. The van der Waals surface area contributed by atoms with Crippen LogP contribution in [-0.4, -0.2) is 62.8 Å². The number of benzene rings is 1. The van der Waals surface area contributed by atoms with E-state index >= 15 is 0 Å². The van der Waals surface area contributed by atoms with E-state index in [4.69, 9.17) is 9.47 Å². The molecule has 0 aliphatic heterocycles. The average Bonchev–Trinajstić information content (AvgIpc) is 2.57. The highest BCUT2D eigenvalue weighted by molar-refractivity contribution is 5.68. The van der Waals surface area contributed by atoms with Crippen LogP contribution in [0.1, 0.15) is 12.5 Å². The molecule has 0 fully saturated rings. The van der Waals surface area contributed by atoms with Gasteiger partial charge in [-0.05, 0) is 24.6 Å². The molecule has 1 N–H and O–H groups in total. The molecule has 7 heteroatoms. The summed E-state index contributed by atoms with van der Waals surface area (Å²) in [4.78, 5) is 26.2. The standard InChI is InChI=1S/C16H25N3O4/c1-5-22-15(20)18(3)10-11-19(4)16(21)23-12-13-6-8-14(17-2)9-7-13/h6-9,17H,5,10-12H2,1-4H3. The Labute approximate surface area is 137 Å². The molecule has 0 saturated heterocycles. The highest BCUT2D eigenvalue weighted by atomic mass is 16.6. The van der Waals surface area contributed by atoms with Crippen LogP contribution in [0.5, 0.6) is 0 Å². The molecule has 0 heterocycles. The Bertz CT molecular complexity index is 505. The first-order chi connectivity index (χ1) is 11.0. The van der Waals surface area contributed by atoms with Crippen LogP contribution in [0, 0.1) is 0 Å². The SMILES string of the molecule is CCOC(=O)N(C)CCN(C)C(=O)OCc1ccc(NC)cc1. The van der Waals surface area contributed by atoms with E-state index in [2.05, 4.69) is 5.32 Å². The molecule has 0 aromatic heterocycles. The third-order valence-corrected chi connectivity index (χ3v) is 3.27. The van der Waals surface area contributed by atoms with Crippen LogP contribution >= 0.6 is 0 Å². The van der Waals surface area contributed by atoms with Crippen LogP contribution in [0.3, 0.4) is 0 Å². The molecule has 0 saturated carbocycles. The third-order valence-electron chi connectivity index (χ3n) is 3.27. The first-order valence-electron chi connectivity index (χ1n) is 7.50. The van der Waals surface area contributed by atoms with Crippen molar-refractivity contribution >= 4 is 17.9 Å². The molecule has 0 unspecified atom stereocenters. The molecule has 0 aliphatic carbocycles. The van der Waals surface area contributed by atoms with Gasteiger partial charge in [-0.3, -0.25) is 0 Å². The summed E-state index contributed by atoms with van der Waals surface area (Å²) in [6.07, 6.45) is -0.834. The monoisotopic (exact) mass is 323 g/mol. The summed E-state index contributed by atoms with van der Waals surface area (Å²) in [7, 11) is 5.10. The van der Waals surface area contributed by atoms with Crippen LogP contribution in [0.2, 0.25) is 0 Å². The zero-order chi connectivity index (χ0) is 17.2. The van der Waals surface area contributed by atoms with Crippen molar-refractivity contribution in [3.8, 4) is 0 Å². The molecule has 128 valence electrons. The number of nitrogens with zero attached hydrogens (tertiary/aromatic N) is 2. The van der Waals surface area contributed by atoms with Crippen LogP contribution in [0.4, 0.5) is 15.3 Å². The Balaban J connectivity index is 2.34. The van der Waals surface area contributed by atoms with Gasteiger partial charge in [-0.15, -0.1) is 0 Å². The van der Waals surface area contributed by atoms with Crippen molar-refractivity contribution in [1.82, 2.24) is 9.80 Å². The van der Waals surface area contributed by atoms with Gasteiger partial charge in [-0.2, -0.15) is 0 Å². The lowest BCUT2D eigenvalue weighted by molar-refractivity contribution is 0.0939. The molecule has 1 rings (SSSR count). The maximum absolute atomic E-state index is 11.9. The Morgan fingerprint density at radius 1 is 1.00 bits per heavy atom. The van der Waals surface area contributed by atoms with E-state index in [-0.39, 0.29) is 6.61 Å². The normalized spacial score (nSPS) is 9.91. The number of likely N-dealkylation sites (N-methyl/N-ethyl adjacent to an activating group) is 2. The number of rotatable bonds is 7. The van der Waals surface area contributed by atoms with Gasteiger partial charge in [0, 0.05) is 39.9 Å². The molecule has 7 nitrogen and oxygen atoms in total.